The minimum atomic E-state index is 0.0488. The van der Waals surface area contributed by atoms with Gasteiger partial charge in [-0.3, -0.25) is 14.4 Å². The number of ketones is 1. The largest absolute Gasteiger partial charge is 0.381 e. The molecule has 0 atom stereocenters. The van der Waals surface area contributed by atoms with Gasteiger partial charge in [0, 0.05) is 51.2 Å². The van der Waals surface area contributed by atoms with Crippen LogP contribution in [0.25, 0.3) is 0 Å². The van der Waals surface area contributed by atoms with Crippen molar-refractivity contribution in [3.8, 4) is 0 Å². The first-order chi connectivity index (χ1) is 9.99. The SMILES string of the molecule is CC(=O)c1cc2n(n1)CC1(CCOCC1)CN(C(C)C)C2. The minimum absolute atomic E-state index is 0.0488. The molecule has 1 aromatic rings. The van der Waals surface area contributed by atoms with Crippen molar-refractivity contribution < 1.29 is 9.53 Å². The molecule has 0 aliphatic carbocycles. The Morgan fingerprint density at radius 1 is 1.33 bits per heavy atom. The Hall–Kier alpha value is -1.20. The van der Waals surface area contributed by atoms with Crippen LogP contribution in [0.5, 0.6) is 0 Å². The van der Waals surface area contributed by atoms with Gasteiger partial charge in [-0.2, -0.15) is 5.10 Å². The second-order valence-corrected chi connectivity index (χ2v) is 6.85. The van der Waals surface area contributed by atoms with E-state index in [2.05, 4.69) is 28.5 Å². The normalized spacial score (nSPS) is 22.3. The highest BCUT2D eigenvalue weighted by Crippen LogP contribution is 2.36. The number of hydrogen-bond acceptors (Lipinski definition) is 4. The fourth-order valence-electron chi connectivity index (χ4n) is 3.44. The van der Waals surface area contributed by atoms with Crippen LogP contribution in [-0.2, 0) is 17.8 Å². The summed E-state index contributed by atoms with van der Waals surface area (Å²) >= 11 is 0. The van der Waals surface area contributed by atoms with Crippen LogP contribution < -0.4 is 0 Å². The van der Waals surface area contributed by atoms with Gasteiger partial charge in [-0.25, -0.2) is 0 Å². The number of fused-ring (bicyclic) bond motifs is 1. The van der Waals surface area contributed by atoms with Crippen LogP contribution >= 0.6 is 0 Å². The van der Waals surface area contributed by atoms with E-state index in [4.69, 9.17) is 4.74 Å². The lowest BCUT2D eigenvalue weighted by Gasteiger charge is -2.40. The highest BCUT2D eigenvalue weighted by molar-refractivity contribution is 5.92. The molecule has 1 saturated heterocycles. The molecule has 0 amide bonds. The van der Waals surface area contributed by atoms with Crippen LogP contribution in [-0.4, -0.2) is 46.3 Å². The number of carbonyl (C=O) groups is 1. The molecular formula is C16H25N3O2. The second kappa shape index (κ2) is 5.54. The number of ether oxygens (including phenoxy) is 1. The quantitative estimate of drug-likeness (QED) is 0.783. The van der Waals surface area contributed by atoms with Gasteiger partial charge in [0.25, 0.3) is 0 Å². The lowest BCUT2D eigenvalue weighted by atomic mass is 9.79. The lowest BCUT2D eigenvalue weighted by Crippen LogP contribution is -2.44. The van der Waals surface area contributed by atoms with Crippen LogP contribution in [0, 0.1) is 5.41 Å². The van der Waals surface area contributed by atoms with Gasteiger partial charge in [0.15, 0.2) is 5.78 Å². The molecule has 0 bridgehead atoms. The zero-order chi connectivity index (χ0) is 15.0. The maximum Gasteiger partial charge on any atom is 0.179 e. The molecule has 0 aromatic carbocycles. The number of aromatic nitrogens is 2. The van der Waals surface area contributed by atoms with Gasteiger partial charge in [0.2, 0.25) is 0 Å². The first kappa shape index (κ1) is 14.7. The molecule has 5 heteroatoms. The molecule has 1 fully saturated rings. The van der Waals surface area contributed by atoms with Crippen molar-refractivity contribution in [1.82, 2.24) is 14.7 Å². The molecule has 2 aliphatic heterocycles. The van der Waals surface area contributed by atoms with Crippen molar-refractivity contribution in [2.75, 3.05) is 19.8 Å². The summed E-state index contributed by atoms with van der Waals surface area (Å²) in [6.07, 6.45) is 2.15. The Kier molecular flexibility index (Phi) is 3.88. The first-order valence-corrected chi connectivity index (χ1v) is 7.89. The van der Waals surface area contributed by atoms with Gasteiger partial charge in [-0.1, -0.05) is 0 Å². The monoisotopic (exact) mass is 291 g/mol. The maximum atomic E-state index is 11.6. The molecular weight excluding hydrogens is 266 g/mol. The summed E-state index contributed by atoms with van der Waals surface area (Å²) in [6.45, 7) is 10.6. The molecule has 3 heterocycles. The Morgan fingerprint density at radius 3 is 2.67 bits per heavy atom. The van der Waals surface area contributed by atoms with Crippen molar-refractivity contribution in [1.29, 1.82) is 0 Å². The average Bonchev–Trinajstić information content (AvgIpc) is 2.75. The zero-order valence-corrected chi connectivity index (χ0v) is 13.3. The lowest BCUT2D eigenvalue weighted by molar-refractivity contribution is -0.0156. The van der Waals surface area contributed by atoms with Crippen molar-refractivity contribution in [3.63, 3.8) is 0 Å². The highest BCUT2D eigenvalue weighted by atomic mass is 16.5. The summed E-state index contributed by atoms with van der Waals surface area (Å²) in [5.41, 5.74) is 1.99. The van der Waals surface area contributed by atoms with Crippen LogP contribution in [0.15, 0.2) is 6.07 Å². The maximum absolute atomic E-state index is 11.6. The van der Waals surface area contributed by atoms with E-state index in [1.54, 1.807) is 6.92 Å². The standard InChI is InChI=1S/C16H25N3O2/c1-12(2)18-9-14-8-15(13(3)20)17-19(14)11-16(10-18)4-6-21-7-5-16/h8,12H,4-7,9-11H2,1-3H3. The average molecular weight is 291 g/mol. The Bertz CT molecular complexity index is 530. The van der Waals surface area contributed by atoms with E-state index >= 15 is 0 Å². The predicted molar refractivity (Wildman–Crippen MR) is 80.3 cm³/mol. The van der Waals surface area contributed by atoms with Crippen molar-refractivity contribution >= 4 is 5.78 Å². The summed E-state index contributed by atoms with van der Waals surface area (Å²) in [4.78, 5) is 14.1. The molecule has 116 valence electrons. The molecule has 0 saturated carbocycles. The first-order valence-electron chi connectivity index (χ1n) is 7.89. The second-order valence-electron chi connectivity index (χ2n) is 6.85. The number of rotatable bonds is 2. The molecule has 0 unspecified atom stereocenters. The summed E-state index contributed by atoms with van der Waals surface area (Å²) in [5, 5.41) is 4.55. The summed E-state index contributed by atoms with van der Waals surface area (Å²) in [6, 6.07) is 2.46. The van der Waals surface area contributed by atoms with Gasteiger partial charge in [-0.15, -0.1) is 0 Å². The third kappa shape index (κ3) is 2.90. The van der Waals surface area contributed by atoms with E-state index in [-0.39, 0.29) is 11.2 Å². The van der Waals surface area contributed by atoms with Gasteiger partial charge in [0.1, 0.15) is 5.69 Å². The van der Waals surface area contributed by atoms with Crippen molar-refractivity contribution in [2.24, 2.45) is 5.41 Å². The summed E-state index contributed by atoms with van der Waals surface area (Å²) in [7, 11) is 0. The van der Waals surface area contributed by atoms with E-state index in [1.807, 2.05) is 6.07 Å². The molecule has 5 nitrogen and oxygen atoms in total. The Morgan fingerprint density at radius 2 is 2.05 bits per heavy atom. The topological polar surface area (TPSA) is 47.4 Å². The van der Waals surface area contributed by atoms with Crippen LogP contribution in [0.1, 0.15) is 49.8 Å². The van der Waals surface area contributed by atoms with E-state index in [9.17, 15) is 4.79 Å². The fourth-order valence-corrected chi connectivity index (χ4v) is 3.44. The minimum Gasteiger partial charge on any atom is -0.381 e. The number of Topliss-reactive ketones (excluding diaryl/α,β-unsaturated/α-hetero) is 1. The third-order valence-corrected chi connectivity index (χ3v) is 4.90. The smallest absolute Gasteiger partial charge is 0.179 e. The molecule has 0 radical (unpaired) electrons. The molecule has 2 aliphatic rings. The van der Waals surface area contributed by atoms with Gasteiger partial charge in [-0.05, 0) is 32.8 Å². The van der Waals surface area contributed by atoms with E-state index in [1.165, 1.54) is 0 Å². The van der Waals surface area contributed by atoms with Gasteiger partial charge in [0.05, 0.1) is 5.69 Å². The summed E-state index contributed by atoms with van der Waals surface area (Å²) < 4.78 is 7.64. The van der Waals surface area contributed by atoms with E-state index in [0.29, 0.717) is 11.7 Å². The van der Waals surface area contributed by atoms with Crippen LogP contribution in [0.2, 0.25) is 0 Å². The molecule has 1 aromatic heterocycles. The fraction of sp³-hybridized carbons (Fsp3) is 0.750. The molecule has 21 heavy (non-hydrogen) atoms. The Balaban J connectivity index is 1.96. The molecule has 1 spiro atoms. The van der Waals surface area contributed by atoms with Gasteiger partial charge < -0.3 is 4.74 Å². The highest BCUT2D eigenvalue weighted by Gasteiger charge is 2.38. The van der Waals surface area contributed by atoms with Crippen LogP contribution in [0.4, 0.5) is 0 Å². The van der Waals surface area contributed by atoms with Crippen LogP contribution in [0.3, 0.4) is 0 Å². The van der Waals surface area contributed by atoms with Crippen molar-refractivity contribution in [2.45, 2.75) is 52.7 Å². The number of hydrogen-bond donors (Lipinski definition) is 0. The van der Waals surface area contributed by atoms with E-state index in [0.717, 1.165) is 51.4 Å². The van der Waals surface area contributed by atoms with Crippen molar-refractivity contribution in [3.05, 3.63) is 17.5 Å². The number of carbonyl (C=O) groups excluding carboxylic acids is 1. The molecule has 3 rings (SSSR count). The zero-order valence-electron chi connectivity index (χ0n) is 13.3. The van der Waals surface area contributed by atoms with E-state index < -0.39 is 0 Å². The predicted octanol–water partition coefficient (Wildman–Crippen LogP) is 2.11. The third-order valence-electron chi connectivity index (χ3n) is 4.90. The Labute approximate surface area is 126 Å². The van der Waals surface area contributed by atoms with Gasteiger partial charge >= 0.3 is 0 Å². The summed E-state index contributed by atoms with van der Waals surface area (Å²) in [5.74, 6) is 0.0488. The molecule has 0 N–H and O–H groups in total. The number of nitrogens with zero attached hydrogens (tertiary/aromatic N) is 3.